The summed E-state index contributed by atoms with van der Waals surface area (Å²) in [6, 6.07) is -0.140. The largest absolute Gasteiger partial charge is 0.379 e. The van der Waals surface area contributed by atoms with Crippen LogP contribution in [-0.4, -0.2) is 48.1 Å². The third-order valence-corrected chi connectivity index (χ3v) is 4.22. The number of carbonyl (C=O) groups excluding carboxylic acids is 1. The van der Waals surface area contributed by atoms with Gasteiger partial charge in [-0.15, -0.1) is 11.3 Å². The van der Waals surface area contributed by atoms with Gasteiger partial charge in [-0.25, -0.2) is 4.98 Å². The van der Waals surface area contributed by atoms with Crippen molar-refractivity contribution in [3.05, 3.63) is 10.6 Å². The summed E-state index contributed by atoms with van der Waals surface area (Å²) in [6.07, 6.45) is 0. The Bertz CT molecular complexity index is 407. The Hall–Kier alpha value is -0.980. The van der Waals surface area contributed by atoms with Gasteiger partial charge in [0.05, 0.1) is 24.9 Å². The monoisotopic (exact) mass is 269 g/mol. The highest BCUT2D eigenvalue weighted by molar-refractivity contribution is 7.15. The summed E-state index contributed by atoms with van der Waals surface area (Å²) in [7, 11) is 0. The average molecular weight is 269 g/mol. The molecular formula is C12H19N3O2S. The molecule has 1 saturated heterocycles. The van der Waals surface area contributed by atoms with Crippen LogP contribution in [0.2, 0.25) is 0 Å². The van der Waals surface area contributed by atoms with Crippen molar-refractivity contribution in [3.8, 4) is 0 Å². The van der Waals surface area contributed by atoms with E-state index in [4.69, 9.17) is 4.74 Å². The van der Waals surface area contributed by atoms with Gasteiger partial charge in [-0.1, -0.05) is 0 Å². The number of anilines is 1. The van der Waals surface area contributed by atoms with Crippen LogP contribution in [0.15, 0.2) is 0 Å². The van der Waals surface area contributed by atoms with Gasteiger partial charge < -0.3 is 10.1 Å². The number of aryl methyl sites for hydroxylation is 2. The molecule has 2 rings (SSSR count). The Morgan fingerprint density at radius 3 is 2.67 bits per heavy atom. The van der Waals surface area contributed by atoms with Crippen LogP contribution in [0.5, 0.6) is 0 Å². The van der Waals surface area contributed by atoms with Gasteiger partial charge in [0.1, 0.15) is 0 Å². The van der Waals surface area contributed by atoms with E-state index in [1.165, 1.54) is 11.3 Å². The number of rotatable bonds is 3. The highest BCUT2D eigenvalue weighted by Gasteiger charge is 2.23. The molecule has 0 aliphatic carbocycles. The lowest BCUT2D eigenvalue weighted by atomic mass is 10.2. The van der Waals surface area contributed by atoms with Gasteiger partial charge in [-0.3, -0.25) is 9.69 Å². The molecule has 100 valence electrons. The molecule has 1 aromatic rings. The normalized spacial score (nSPS) is 18.6. The third-order valence-electron chi connectivity index (χ3n) is 3.23. The van der Waals surface area contributed by atoms with Crippen LogP contribution < -0.4 is 5.32 Å². The third kappa shape index (κ3) is 3.07. The molecule has 1 aliphatic heterocycles. The molecule has 18 heavy (non-hydrogen) atoms. The predicted octanol–water partition coefficient (Wildman–Crippen LogP) is 1.42. The fraction of sp³-hybridized carbons (Fsp3) is 0.667. The number of ether oxygens (including phenoxy) is 1. The minimum atomic E-state index is -0.140. The van der Waals surface area contributed by atoms with Crippen LogP contribution in [0.4, 0.5) is 5.13 Å². The van der Waals surface area contributed by atoms with E-state index in [2.05, 4.69) is 15.2 Å². The first-order valence-corrected chi connectivity index (χ1v) is 6.96. The lowest BCUT2D eigenvalue weighted by Gasteiger charge is -2.31. The summed E-state index contributed by atoms with van der Waals surface area (Å²) in [5.41, 5.74) is 0.981. The van der Waals surface area contributed by atoms with Crippen LogP contribution in [-0.2, 0) is 9.53 Å². The van der Waals surface area contributed by atoms with Crippen molar-refractivity contribution < 1.29 is 9.53 Å². The molecule has 0 spiro atoms. The summed E-state index contributed by atoms with van der Waals surface area (Å²) in [4.78, 5) is 19.7. The number of nitrogens with one attached hydrogen (secondary N) is 1. The van der Waals surface area contributed by atoms with Gasteiger partial charge in [0.2, 0.25) is 5.91 Å². The molecule has 0 bridgehead atoms. The van der Waals surface area contributed by atoms with E-state index in [1.54, 1.807) is 0 Å². The second kappa shape index (κ2) is 5.77. The minimum Gasteiger partial charge on any atom is -0.379 e. The lowest BCUT2D eigenvalue weighted by molar-refractivity contribution is -0.122. The van der Waals surface area contributed by atoms with Crippen molar-refractivity contribution in [2.75, 3.05) is 31.6 Å². The van der Waals surface area contributed by atoms with Gasteiger partial charge in [0, 0.05) is 18.0 Å². The number of aromatic nitrogens is 1. The molecule has 1 aliphatic rings. The summed E-state index contributed by atoms with van der Waals surface area (Å²) in [5.74, 6) is 0.00523. The minimum absolute atomic E-state index is 0.00523. The molecule has 0 unspecified atom stereocenters. The maximum absolute atomic E-state index is 12.1. The molecule has 0 radical (unpaired) electrons. The summed E-state index contributed by atoms with van der Waals surface area (Å²) in [6.45, 7) is 8.91. The molecular weight excluding hydrogens is 250 g/mol. The molecule has 6 heteroatoms. The van der Waals surface area contributed by atoms with Crippen LogP contribution in [0.3, 0.4) is 0 Å². The summed E-state index contributed by atoms with van der Waals surface area (Å²) < 4.78 is 5.28. The van der Waals surface area contributed by atoms with E-state index in [1.807, 2.05) is 20.8 Å². The zero-order chi connectivity index (χ0) is 13.1. The van der Waals surface area contributed by atoms with Gasteiger partial charge in [-0.2, -0.15) is 0 Å². The van der Waals surface area contributed by atoms with Crippen LogP contribution in [0.1, 0.15) is 17.5 Å². The van der Waals surface area contributed by atoms with E-state index in [-0.39, 0.29) is 11.9 Å². The molecule has 1 atom stereocenters. The maximum atomic E-state index is 12.1. The summed E-state index contributed by atoms with van der Waals surface area (Å²) in [5, 5.41) is 3.58. The smallest absolute Gasteiger partial charge is 0.243 e. The van der Waals surface area contributed by atoms with E-state index in [9.17, 15) is 4.79 Å². The predicted molar refractivity (Wildman–Crippen MR) is 72.1 cm³/mol. The van der Waals surface area contributed by atoms with Crippen molar-refractivity contribution in [2.45, 2.75) is 26.8 Å². The number of amides is 1. The second-order valence-corrected chi connectivity index (χ2v) is 5.68. The number of thiazole rings is 1. The quantitative estimate of drug-likeness (QED) is 0.901. The van der Waals surface area contributed by atoms with Crippen molar-refractivity contribution in [1.29, 1.82) is 0 Å². The lowest BCUT2D eigenvalue weighted by Crippen LogP contribution is -2.47. The molecule has 0 saturated carbocycles. The highest BCUT2D eigenvalue weighted by Crippen LogP contribution is 2.21. The average Bonchev–Trinajstić information content (AvgIpc) is 2.68. The SMILES string of the molecule is Cc1nc(NC(=O)[C@H](C)N2CCOCC2)sc1C. The Kier molecular flexibility index (Phi) is 4.31. The Labute approximate surface area is 111 Å². The van der Waals surface area contributed by atoms with Gasteiger partial charge in [0.25, 0.3) is 0 Å². The number of nitrogens with zero attached hydrogens (tertiary/aromatic N) is 2. The first-order chi connectivity index (χ1) is 8.58. The van der Waals surface area contributed by atoms with E-state index >= 15 is 0 Å². The zero-order valence-corrected chi connectivity index (χ0v) is 11.8. The van der Waals surface area contributed by atoms with Gasteiger partial charge in [-0.05, 0) is 20.8 Å². The zero-order valence-electron chi connectivity index (χ0n) is 11.0. The van der Waals surface area contributed by atoms with Crippen LogP contribution >= 0.6 is 11.3 Å². The van der Waals surface area contributed by atoms with E-state index in [0.29, 0.717) is 18.3 Å². The van der Waals surface area contributed by atoms with E-state index < -0.39 is 0 Å². The Balaban J connectivity index is 1.94. The van der Waals surface area contributed by atoms with Crippen LogP contribution in [0, 0.1) is 13.8 Å². The standard InChI is InChI=1S/C12H19N3O2S/c1-8-10(3)18-12(13-8)14-11(16)9(2)15-4-6-17-7-5-15/h9H,4-7H2,1-3H3,(H,13,14,16)/t9-/m0/s1. The maximum Gasteiger partial charge on any atom is 0.243 e. The first kappa shape index (κ1) is 13.5. The van der Waals surface area contributed by atoms with Crippen molar-refractivity contribution in [3.63, 3.8) is 0 Å². The highest BCUT2D eigenvalue weighted by atomic mass is 32.1. The van der Waals surface area contributed by atoms with E-state index in [0.717, 1.165) is 23.7 Å². The Morgan fingerprint density at radius 2 is 2.11 bits per heavy atom. The topological polar surface area (TPSA) is 54.5 Å². The van der Waals surface area contributed by atoms with Gasteiger partial charge >= 0.3 is 0 Å². The summed E-state index contributed by atoms with van der Waals surface area (Å²) >= 11 is 1.52. The molecule has 0 aromatic carbocycles. The van der Waals surface area contributed by atoms with Crippen LogP contribution in [0.25, 0.3) is 0 Å². The number of hydrogen-bond acceptors (Lipinski definition) is 5. The van der Waals surface area contributed by atoms with Crippen molar-refractivity contribution in [2.24, 2.45) is 0 Å². The molecule has 1 fully saturated rings. The molecule has 2 heterocycles. The fourth-order valence-corrected chi connectivity index (χ4v) is 2.68. The van der Waals surface area contributed by atoms with Crippen molar-refractivity contribution >= 4 is 22.4 Å². The molecule has 1 N–H and O–H groups in total. The molecule has 5 nitrogen and oxygen atoms in total. The Morgan fingerprint density at radius 1 is 1.44 bits per heavy atom. The first-order valence-electron chi connectivity index (χ1n) is 6.14. The molecule has 1 aromatic heterocycles. The number of carbonyl (C=O) groups is 1. The van der Waals surface area contributed by atoms with Crippen molar-refractivity contribution in [1.82, 2.24) is 9.88 Å². The number of hydrogen-bond donors (Lipinski definition) is 1. The van der Waals surface area contributed by atoms with Gasteiger partial charge in [0.15, 0.2) is 5.13 Å². The fourth-order valence-electron chi connectivity index (χ4n) is 1.87. The second-order valence-electron chi connectivity index (χ2n) is 4.47. The number of morpholine rings is 1. The molecule has 1 amide bonds.